The van der Waals surface area contributed by atoms with E-state index in [1.54, 1.807) is 0 Å². The fraction of sp³-hybridized carbons (Fsp3) is 0.235. The second-order valence-electron chi connectivity index (χ2n) is 4.89. The van der Waals surface area contributed by atoms with Crippen molar-refractivity contribution in [1.29, 1.82) is 0 Å². The highest BCUT2D eigenvalue weighted by molar-refractivity contribution is 7.45. The van der Waals surface area contributed by atoms with Crippen molar-refractivity contribution < 1.29 is 9.53 Å². The zero-order chi connectivity index (χ0) is 14.7. The van der Waals surface area contributed by atoms with Gasteiger partial charge in [-0.1, -0.05) is 37.6 Å². The third-order valence-electron chi connectivity index (χ3n) is 3.42. The summed E-state index contributed by atoms with van der Waals surface area (Å²) in [4.78, 5) is 12.0. The molecule has 4 heteroatoms. The van der Waals surface area contributed by atoms with Crippen molar-refractivity contribution in [3.8, 4) is 0 Å². The Morgan fingerprint density at radius 1 is 1.05 bits per heavy atom. The second-order valence-corrected chi connectivity index (χ2v) is 6.59. The summed E-state index contributed by atoms with van der Waals surface area (Å²) in [5, 5.41) is 2.40. The standard InChI is InChI=1S/C17H17NO2S/c1-2-3-12-20-17(19)18-21-15-10-6-4-8-13(15)14-9-5-7-11-16(14)21/h4-11H,2-3,12H2,1H3/p+1. The predicted octanol–water partition coefficient (Wildman–Crippen LogP) is 5.22. The van der Waals surface area contributed by atoms with Crippen LogP contribution in [0.15, 0.2) is 48.5 Å². The third-order valence-corrected chi connectivity index (χ3v) is 5.38. The van der Waals surface area contributed by atoms with E-state index < -0.39 is 10.7 Å². The lowest BCUT2D eigenvalue weighted by Crippen LogP contribution is -2.13. The first-order valence-electron chi connectivity index (χ1n) is 7.17. The third kappa shape index (κ3) is 2.72. The Bertz CT molecular complexity index is 725. The van der Waals surface area contributed by atoms with Crippen LogP contribution in [0.4, 0.5) is 4.79 Å². The molecule has 0 radical (unpaired) electrons. The van der Waals surface area contributed by atoms with Gasteiger partial charge >= 0.3 is 6.09 Å². The number of hydrogen-bond donors (Lipinski definition) is 1. The molecule has 0 unspecified atom stereocenters. The number of benzene rings is 2. The summed E-state index contributed by atoms with van der Waals surface area (Å²) in [5.74, 6) is 0. The zero-order valence-corrected chi connectivity index (χ0v) is 12.8. The number of nitrogens with one attached hydrogen (secondary N) is 1. The molecule has 108 valence electrons. The van der Waals surface area contributed by atoms with Crippen molar-refractivity contribution in [2.45, 2.75) is 19.8 Å². The molecular weight excluding hydrogens is 282 g/mol. The van der Waals surface area contributed by atoms with Gasteiger partial charge in [0.1, 0.15) is 10.7 Å². The fourth-order valence-corrected chi connectivity index (χ4v) is 4.29. The lowest BCUT2D eigenvalue weighted by molar-refractivity contribution is 0.161. The van der Waals surface area contributed by atoms with Crippen molar-refractivity contribution >= 4 is 36.9 Å². The summed E-state index contributed by atoms with van der Waals surface area (Å²) >= 11 is 0. The van der Waals surface area contributed by atoms with Gasteiger partial charge in [-0.15, -0.1) is 4.72 Å². The zero-order valence-electron chi connectivity index (χ0n) is 12.0. The van der Waals surface area contributed by atoms with Gasteiger partial charge in [-0.2, -0.15) is 0 Å². The number of carbonyl (C=O) groups is 1. The lowest BCUT2D eigenvalue weighted by atomic mass is 10.2. The predicted molar refractivity (Wildman–Crippen MR) is 89.5 cm³/mol. The molecule has 21 heavy (non-hydrogen) atoms. The molecule has 0 aliphatic heterocycles. The van der Waals surface area contributed by atoms with E-state index in [2.05, 4.69) is 35.9 Å². The Morgan fingerprint density at radius 3 is 2.19 bits per heavy atom. The maximum absolute atomic E-state index is 12.0. The van der Waals surface area contributed by atoms with E-state index in [-0.39, 0.29) is 6.09 Å². The van der Waals surface area contributed by atoms with E-state index in [4.69, 9.17) is 4.74 Å². The van der Waals surface area contributed by atoms with E-state index in [1.165, 1.54) is 10.8 Å². The van der Waals surface area contributed by atoms with E-state index in [1.807, 2.05) is 24.3 Å². The topological polar surface area (TPSA) is 38.3 Å². The molecule has 0 saturated carbocycles. The minimum atomic E-state index is -0.437. The van der Waals surface area contributed by atoms with Crippen LogP contribution in [0.3, 0.4) is 0 Å². The molecule has 1 amide bonds. The first kappa shape index (κ1) is 13.9. The monoisotopic (exact) mass is 300 g/mol. The van der Waals surface area contributed by atoms with E-state index in [0.29, 0.717) is 6.61 Å². The molecule has 2 aromatic carbocycles. The molecule has 0 bridgehead atoms. The Kier molecular flexibility index (Phi) is 4.06. The van der Waals surface area contributed by atoms with Crippen LogP contribution in [0, 0.1) is 0 Å². The van der Waals surface area contributed by atoms with Crippen LogP contribution in [0.2, 0.25) is 0 Å². The lowest BCUT2D eigenvalue weighted by Gasteiger charge is -2.00. The molecule has 3 nitrogen and oxygen atoms in total. The largest absolute Gasteiger partial charge is 0.452 e. The minimum absolute atomic E-state index is 0.335. The molecule has 0 aliphatic carbocycles. The normalized spacial score (nSPS) is 10.9. The summed E-state index contributed by atoms with van der Waals surface area (Å²) < 4.78 is 10.6. The van der Waals surface area contributed by atoms with Gasteiger partial charge < -0.3 is 4.74 Å². The molecule has 3 rings (SSSR count). The highest BCUT2D eigenvalue weighted by Crippen LogP contribution is 2.40. The number of rotatable bonds is 4. The van der Waals surface area contributed by atoms with Crippen LogP contribution in [0.1, 0.15) is 19.8 Å². The number of thiophene rings is 1. The maximum Gasteiger partial charge on any atom is 0.452 e. The van der Waals surface area contributed by atoms with Gasteiger partial charge in [0.15, 0.2) is 0 Å². The van der Waals surface area contributed by atoms with Crippen LogP contribution >= 0.6 is 10.7 Å². The van der Waals surface area contributed by atoms with Crippen LogP contribution in [0.25, 0.3) is 20.2 Å². The molecule has 1 N–H and O–H groups in total. The summed E-state index contributed by atoms with van der Waals surface area (Å²) in [6.07, 6.45) is 1.58. The van der Waals surface area contributed by atoms with E-state index in [0.717, 1.165) is 22.2 Å². The summed E-state index contributed by atoms with van der Waals surface area (Å²) in [5.41, 5.74) is 0. The number of carbonyl (C=O) groups excluding carboxylic acids is 1. The number of amides is 1. The highest BCUT2D eigenvalue weighted by Gasteiger charge is 2.23. The molecule has 1 heterocycles. The molecule has 0 saturated heterocycles. The van der Waals surface area contributed by atoms with Crippen molar-refractivity contribution in [3.63, 3.8) is 0 Å². The van der Waals surface area contributed by atoms with Gasteiger partial charge in [0.05, 0.1) is 6.61 Å². The first-order chi connectivity index (χ1) is 10.3. The minimum Gasteiger partial charge on any atom is -0.447 e. The van der Waals surface area contributed by atoms with Crippen LogP contribution in [0.5, 0.6) is 0 Å². The fourth-order valence-electron chi connectivity index (χ4n) is 2.38. The van der Waals surface area contributed by atoms with Crippen molar-refractivity contribution in [3.05, 3.63) is 48.5 Å². The Balaban J connectivity index is 1.98. The average molecular weight is 300 g/mol. The first-order valence-corrected chi connectivity index (χ1v) is 8.40. The van der Waals surface area contributed by atoms with Gasteiger partial charge in [0, 0.05) is 22.9 Å². The molecule has 0 atom stereocenters. The summed E-state index contributed by atoms with van der Waals surface area (Å²) in [6.45, 7) is 2.55. The van der Waals surface area contributed by atoms with Gasteiger partial charge in [-0.3, -0.25) is 0 Å². The highest BCUT2D eigenvalue weighted by atomic mass is 32.2. The van der Waals surface area contributed by atoms with Crippen molar-refractivity contribution in [1.82, 2.24) is 0 Å². The Morgan fingerprint density at radius 2 is 1.62 bits per heavy atom. The van der Waals surface area contributed by atoms with Crippen LogP contribution < -0.4 is 4.72 Å². The van der Waals surface area contributed by atoms with Gasteiger partial charge in [0.25, 0.3) is 0 Å². The summed E-state index contributed by atoms with van der Waals surface area (Å²) in [6, 6.07) is 16.4. The summed E-state index contributed by atoms with van der Waals surface area (Å²) in [7, 11) is -0.437. The Labute approximate surface area is 126 Å². The smallest absolute Gasteiger partial charge is 0.447 e. The molecule has 1 aromatic heterocycles. The number of fused-ring (bicyclic) bond motifs is 3. The quantitative estimate of drug-likeness (QED) is 0.529. The average Bonchev–Trinajstić information content (AvgIpc) is 2.83. The molecule has 0 fully saturated rings. The molecular formula is C17H18NO2S+. The van der Waals surface area contributed by atoms with Crippen molar-refractivity contribution in [2.75, 3.05) is 11.3 Å². The van der Waals surface area contributed by atoms with Gasteiger partial charge in [0.2, 0.25) is 9.40 Å². The molecule has 0 aliphatic rings. The van der Waals surface area contributed by atoms with Crippen LogP contribution in [-0.2, 0) is 4.74 Å². The van der Waals surface area contributed by atoms with E-state index in [9.17, 15) is 4.79 Å². The van der Waals surface area contributed by atoms with Crippen LogP contribution in [-0.4, -0.2) is 12.7 Å². The van der Waals surface area contributed by atoms with E-state index >= 15 is 0 Å². The molecule has 3 aromatic rings. The number of unbranched alkanes of at least 4 members (excludes halogenated alkanes) is 1. The van der Waals surface area contributed by atoms with Gasteiger partial charge in [-0.25, -0.2) is 4.79 Å². The maximum atomic E-state index is 12.0. The number of ether oxygens (including phenoxy) is 1. The SMILES string of the molecule is CCCCOC(=O)N[s+]1c2ccccc2c2ccccc21. The van der Waals surface area contributed by atoms with Gasteiger partial charge in [-0.05, 0) is 18.6 Å². The molecule has 0 spiro atoms. The van der Waals surface area contributed by atoms with Crippen molar-refractivity contribution in [2.24, 2.45) is 0 Å². The Hall–Kier alpha value is -2.07. The second kappa shape index (κ2) is 6.14. The number of hydrogen-bond acceptors (Lipinski definition) is 2.